The molecule has 0 radical (unpaired) electrons. The second kappa shape index (κ2) is 4.64. The minimum atomic E-state index is 0. The molecule has 0 heterocycles. The zero-order valence-corrected chi connectivity index (χ0v) is 16.9. The molecular formula is C11H22NORf-. The van der Waals surface area contributed by atoms with E-state index in [0.717, 1.165) is 0 Å². The third-order valence-electron chi connectivity index (χ3n) is 1.41. The van der Waals surface area contributed by atoms with Crippen LogP contribution in [-0.4, -0.2) is 12.5 Å². The molecule has 0 unspecified atom stereocenters. The molecule has 0 saturated carbocycles. The van der Waals surface area contributed by atoms with Gasteiger partial charge in [0.05, 0.1) is 5.91 Å². The molecule has 14 heavy (non-hydrogen) atoms. The van der Waals surface area contributed by atoms with E-state index >= 15 is 0 Å². The molecule has 80 valence electrons. The first kappa shape index (κ1) is 15.0. The third kappa shape index (κ3) is 10.5. The van der Waals surface area contributed by atoms with Crippen molar-refractivity contribution in [3.63, 3.8) is 0 Å². The molecule has 0 aromatic rings. The average molecular weight is 451 g/mol. The van der Waals surface area contributed by atoms with E-state index in [1.165, 1.54) is 0 Å². The van der Waals surface area contributed by atoms with Crippen molar-refractivity contribution in [2.45, 2.75) is 48.0 Å². The van der Waals surface area contributed by atoms with Gasteiger partial charge >= 0.3 is 0 Å². The first-order chi connectivity index (χ1) is 5.60. The summed E-state index contributed by atoms with van der Waals surface area (Å²) in [6.07, 6.45) is 0.545. The van der Waals surface area contributed by atoms with E-state index in [0.29, 0.717) is 13.0 Å². The Kier molecular flexibility index (Phi) is 4.95. The molecule has 0 rings (SSSR count). The standard InChI is InChI=1S/C11H23NO.Rf/c1-10(2,3)7-9(13)12-8-11(4,5)6;/h7-8H2,1-6H3,(H,12,13);/p-1. The van der Waals surface area contributed by atoms with Gasteiger partial charge in [-0.2, -0.15) is 0 Å². The fraction of sp³-hybridized carbons (Fsp3) is 0.909. The van der Waals surface area contributed by atoms with E-state index < -0.39 is 0 Å². The SMILES string of the molecule is CC(C)(C)C[N-]C(=O)CC(C)(C)C.[Rf]. The minimum absolute atomic E-state index is 0. The quantitative estimate of drug-likeness (QED) is 0.634. The molecular weight excluding hydrogens is 429 g/mol. The van der Waals surface area contributed by atoms with Crippen molar-refractivity contribution in [2.24, 2.45) is 10.8 Å². The summed E-state index contributed by atoms with van der Waals surface area (Å²) in [4.78, 5) is 11.3. The zero-order chi connectivity index (χ0) is 10.7. The fourth-order valence-electron chi connectivity index (χ4n) is 0.835. The van der Waals surface area contributed by atoms with Gasteiger partial charge in [-0.15, -0.1) is 6.54 Å². The molecule has 3 heteroatoms. The fourth-order valence-corrected chi connectivity index (χ4v) is 0.835. The number of rotatable bonds is 2. The van der Waals surface area contributed by atoms with E-state index in [4.69, 9.17) is 0 Å². The second-order valence-corrected chi connectivity index (χ2v) is 6.01. The molecule has 0 aliphatic rings. The van der Waals surface area contributed by atoms with Crippen molar-refractivity contribution < 1.29 is 4.79 Å². The Morgan fingerprint density at radius 1 is 1.00 bits per heavy atom. The summed E-state index contributed by atoms with van der Waals surface area (Å²) in [5.41, 5.74) is 0.173. The van der Waals surface area contributed by atoms with Gasteiger partial charge in [-0.25, -0.2) is 0 Å². The maximum Gasteiger partial charge on any atom is 0.0516 e. The molecule has 0 atom stereocenters. The maximum absolute atomic E-state index is 11.3. The van der Waals surface area contributed by atoms with Crippen molar-refractivity contribution in [3.8, 4) is 0 Å². The largest absolute Gasteiger partial charge is 0.653 e. The van der Waals surface area contributed by atoms with Gasteiger partial charge in [0.25, 0.3) is 0 Å². The zero-order valence-electron chi connectivity index (χ0n) is 10.5. The maximum atomic E-state index is 11.3. The van der Waals surface area contributed by atoms with Crippen LogP contribution in [0.5, 0.6) is 0 Å². The summed E-state index contributed by atoms with van der Waals surface area (Å²) in [6, 6.07) is 0. The van der Waals surface area contributed by atoms with Gasteiger partial charge in [-0.1, -0.05) is 47.0 Å². The molecule has 0 fully saturated rings. The monoisotopic (exact) mass is 451 g/mol. The Bertz CT molecular complexity index is 177. The molecule has 0 aromatic carbocycles. The van der Waals surface area contributed by atoms with Crippen LogP contribution in [0.2, 0.25) is 0 Å². The topological polar surface area (TPSA) is 31.2 Å². The summed E-state index contributed by atoms with van der Waals surface area (Å²) in [7, 11) is 0. The average Bonchev–Trinajstić information content (AvgIpc) is 1.78. The van der Waals surface area contributed by atoms with Crippen molar-refractivity contribution in [3.05, 3.63) is 5.32 Å². The van der Waals surface area contributed by atoms with Crippen LogP contribution in [0.1, 0.15) is 48.0 Å². The normalized spacial score (nSPS) is 11.9. The second-order valence-electron chi connectivity index (χ2n) is 6.01. The van der Waals surface area contributed by atoms with Crippen LogP contribution in [0.25, 0.3) is 5.32 Å². The van der Waals surface area contributed by atoms with Gasteiger partial charge < -0.3 is 10.1 Å². The molecule has 0 saturated heterocycles. The number of hydrogen-bond acceptors (Lipinski definition) is 1. The van der Waals surface area contributed by atoms with E-state index in [9.17, 15) is 4.79 Å². The van der Waals surface area contributed by atoms with E-state index in [-0.39, 0.29) is 16.7 Å². The molecule has 0 aliphatic heterocycles. The van der Waals surface area contributed by atoms with Gasteiger partial charge in [0.15, 0.2) is 0 Å². The number of hydrogen-bond donors (Lipinski definition) is 0. The molecule has 1 amide bonds. The van der Waals surface area contributed by atoms with Crippen LogP contribution >= 0.6 is 0 Å². The Labute approximate surface area is 82.1 Å². The Morgan fingerprint density at radius 3 is 1.71 bits per heavy atom. The van der Waals surface area contributed by atoms with Crippen molar-refractivity contribution in [1.29, 1.82) is 0 Å². The predicted molar refractivity (Wildman–Crippen MR) is 56.8 cm³/mol. The smallest absolute Gasteiger partial charge is 0.0516 e. The molecule has 2 nitrogen and oxygen atoms in total. The van der Waals surface area contributed by atoms with Crippen molar-refractivity contribution >= 4 is 5.91 Å². The van der Waals surface area contributed by atoms with Crippen LogP contribution in [0.4, 0.5) is 0 Å². The van der Waals surface area contributed by atoms with Gasteiger partial charge in [0.1, 0.15) is 0 Å². The van der Waals surface area contributed by atoms with Crippen LogP contribution < -0.4 is 0 Å². The van der Waals surface area contributed by atoms with Crippen LogP contribution in [0.15, 0.2) is 0 Å². The predicted octanol–water partition coefficient (Wildman–Crippen LogP) is 3.37. The third-order valence-corrected chi connectivity index (χ3v) is 1.41. The van der Waals surface area contributed by atoms with Crippen LogP contribution in [0.3, 0.4) is 0 Å². The van der Waals surface area contributed by atoms with Crippen LogP contribution in [0, 0.1) is 10.8 Å². The van der Waals surface area contributed by atoms with Crippen molar-refractivity contribution in [1.82, 2.24) is 0 Å². The van der Waals surface area contributed by atoms with Gasteiger partial charge in [-0.3, -0.25) is 0 Å². The molecule has 0 aromatic heterocycles. The summed E-state index contributed by atoms with van der Waals surface area (Å²) < 4.78 is 0. The summed E-state index contributed by atoms with van der Waals surface area (Å²) >= 11 is 0. The Hall–Kier alpha value is -1.53. The van der Waals surface area contributed by atoms with Gasteiger partial charge in [0, 0.05) is 0 Å². The molecule has 0 bridgehead atoms. The summed E-state index contributed by atoms with van der Waals surface area (Å²) in [5.74, 6) is 0.0300. The van der Waals surface area contributed by atoms with Gasteiger partial charge in [0.2, 0.25) is 0 Å². The minimum Gasteiger partial charge on any atom is -0.653 e. The number of amides is 1. The number of carbonyl (C=O) groups is 1. The summed E-state index contributed by atoms with van der Waals surface area (Å²) in [5, 5.41) is 4.04. The number of nitrogens with zero attached hydrogens (tertiary/aromatic N) is 1. The van der Waals surface area contributed by atoms with E-state index in [1.807, 2.05) is 0 Å². The van der Waals surface area contributed by atoms with E-state index in [1.54, 1.807) is 0 Å². The van der Waals surface area contributed by atoms with Crippen molar-refractivity contribution in [2.75, 3.05) is 6.54 Å². The molecule has 0 aliphatic carbocycles. The molecule has 0 spiro atoms. The first-order valence-electron chi connectivity index (χ1n) is 4.80. The Balaban J connectivity index is 0. The van der Waals surface area contributed by atoms with Gasteiger partial charge in [-0.05, 0) is 11.8 Å². The summed E-state index contributed by atoms with van der Waals surface area (Å²) in [6.45, 7) is 13.0. The molecule has 0 N–H and O–H groups in total. The van der Waals surface area contributed by atoms with E-state index in [2.05, 4.69) is 46.9 Å². The number of carbonyl (C=O) groups excluding carboxylic acids is 1. The Morgan fingerprint density at radius 2 is 1.43 bits per heavy atom. The first-order valence-corrected chi connectivity index (χ1v) is 4.80. The van der Waals surface area contributed by atoms with Crippen LogP contribution in [-0.2, 0) is 4.79 Å².